The molecule has 1 N–H and O–H groups in total. The summed E-state index contributed by atoms with van der Waals surface area (Å²) >= 11 is 4.24. The maximum Gasteiger partial charge on any atom is 0.0656 e. The fourth-order valence-corrected chi connectivity index (χ4v) is 3.38. The molecule has 0 aromatic carbocycles. The summed E-state index contributed by atoms with van der Waals surface area (Å²) in [6, 6.07) is 2.85. The zero-order chi connectivity index (χ0) is 11.3. The summed E-state index contributed by atoms with van der Waals surface area (Å²) in [6.45, 7) is 7.84. The van der Waals surface area contributed by atoms with Gasteiger partial charge in [-0.05, 0) is 58.5 Å². The second-order valence-corrected chi connectivity index (χ2v) is 6.79. The van der Waals surface area contributed by atoms with E-state index in [1.165, 1.54) is 21.3 Å². The molecule has 1 heterocycles. The molecule has 1 nitrogen and oxygen atoms in total. The number of halogens is 1. The summed E-state index contributed by atoms with van der Waals surface area (Å²) in [5, 5.41) is 5.89. The minimum atomic E-state index is 0.537. The molecular weight excluding hydrogens is 317 g/mol. The normalized spacial score (nSPS) is 15.2. The highest BCUT2D eigenvalue weighted by atomic mass is 127. The standard InChI is InChI=1S/C12H20INS/c1-4-6-9(3)12(14-5-2)10-7-11(13)15-8-10/h7-9,12,14H,4-6H2,1-3H3. The first-order valence-corrected chi connectivity index (χ1v) is 7.62. The van der Waals surface area contributed by atoms with E-state index in [4.69, 9.17) is 0 Å². The highest BCUT2D eigenvalue weighted by Gasteiger charge is 2.18. The van der Waals surface area contributed by atoms with Crippen LogP contribution >= 0.6 is 33.9 Å². The molecule has 2 atom stereocenters. The Morgan fingerprint density at radius 3 is 2.67 bits per heavy atom. The van der Waals surface area contributed by atoms with Crippen molar-refractivity contribution in [2.24, 2.45) is 5.92 Å². The molecule has 0 radical (unpaired) electrons. The zero-order valence-corrected chi connectivity index (χ0v) is 12.7. The van der Waals surface area contributed by atoms with Crippen molar-refractivity contribution in [2.45, 2.75) is 39.7 Å². The number of rotatable bonds is 6. The van der Waals surface area contributed by atoms with Crippen LogP contribution in [-0.2, 0) is 0 Å². The van der Waals surface area contributed by atoms with Crippen LogP contribution in [0.4, 0.5) is 0 Å². The Morgan fingerprint density at radius 2 is 2.20 bits per heavy atom. The van der Waals surface area contributed by atoms with Crippen LogP contribution in [0.1, 0.15) is 45.2 Å². The molecule has 0 amide bonds. The van der Waals surface area contributed by atoms with E-state index < -0.39 is 0 Å². The highest BCUT2D eigenvalue weighted by molar-refractivity contribution is 14.1. The van der Waals surface area contributed by atoms with Gasteiger partial charge in [0.05, 0.1) is 2.88 Å². The van der Waals surface area contributed by atoms with Gasteiger partial charge in [-0.25, -0.2) is 0 Å². The lowest BCUT2D eigenvalue weighted by atomic mass is 9.92. The Morgan fingerprint density at radius 1 is 1.47 bits per heavy atom. The van der Waals surface area contributed by atoms with Gasteiger partial charge in [0.15, 0.2) is 0 Å². The third-order valence-corrected chi connectivity index (χ3v) is 4.49. The Labute approximate surface area is 111 Å². The van der Waals surface area contributed by atoms with Crippen molar-refractivity contribution in [2.75, 3.05) is 6.54 Å². The summed E-state index contributed by atoms with van der Waals surface area (Å²) in [5.41, 5.74) is 1.47. The predicted octanol–water partition coefficient (Wildman–Crippen LogP) is 4.44. The number of thiophene rings is 1. The molecule has 2 unspecified atom stereocenters. The largest absolute Gasteiger partial charge is 0.310 e. The molecule has 0 aliphatic rings. The summed E-state index contributed by atoms with van der Waals surface area (Å²) in [7, 11) is 0. The van der Waals surface area contributed by atoms with Gasteiger partial charge in [-0.3, -0.25) is 0 Å². The van der Waals surface area contributed by atoms with Gasteiger partial charge < -0.3 is 5.32 Å². The first-order chi connectivity index (χ1) is 7.19. The lowest BCUT2D eigenvalue weighted by Gasteiger charge is -2.23. The minimum absolute atomic E-state index is 0.537. The van der Waals surface area contributed by atoms with Crippen molar-refractivity contribution in [1.82, 2.24) is 5.32 Å². The first kappa shape index (κ1) is 13.5. The highest BCUT2D eigenvalue weighted by Crippen LogP contribution is 2.29. The fourth-order valence-electron chi connectivity index (χ4n) is 1.98. The van der Waals surface area contributed by atoms with Crippen LogP contribution in [0.25, 0.3) is 0 Å². The van der Waals surface area contributed by atoms with Gasteiger partial charge in [0.2, 0.25) is 0 Å². The Kier molecular flexibility index (Phi) is 6.16. The van der Waals surface area contributed by atoms with Crippen LogP contribution < -0.4 is 5.32 Å². The number of hydrogen-bond acceptors (Lipinski definition) is 2. The minimum Gasteiger partial charge on any atom is -0.310 e. The summed E-state index contributed by atoms with van der Waals surface area (Å²) in [5.74, 6) is 0.723. The Hall–Kier alpha value is 0.390. The first-order valence-electron chi connectivity index (χ1n) is 5.66. The molecular formula is C12H20INS. The molecule has 1 rings (SSSR count). The van der Waals surface area contributed by atoms with Crippen molar-refractivity contribution in [3.63, 3.8) is 0 Å². The van der Waals surface area contributed by atoms with E-state index in [1.807, 2.05) is 11.3 Å². The fraction of sp³-hybridized carbons (Fsp3) is 0.667. The smallest absolute Gasteiger partial charge is 0.0656 e. The van der Waals surface area contributed by atoms with E-state index in [9.17, 15) is 0 Å². The molecule has 0 spiro atoms. The second kappa shape index (κ2) is 6.86. The molecule has 15 heavy (non-hydrogen) atoms. The van der Waals surface area contributed by atoms with Crippen molar-refractivity contribution in [1.29, 1.82) is 0 Å². The van der Waals surface area contributed by atoms with Crippen LogP contribution in [-0.4, -0.2) is 6.54 Å². The van der Waals surface area contributed by atoms with Crippen LogP contribution in [0.2, 0.25) is 0 Å². The van der Waals surface area contributed by atoms with Gasteiger partial charge in [0.25, 0.3) is 0 Å². The van der Waals surface area contributed by atoms with Gasteiger partial charge in [0.1, 0.15) is 0 Å². The molecule has 0 aliphatic heterocycles. The van der Waals surface area contributed by atoms with Crippen LogP contribution in [0.5, 0.6) is 0 Å². The molecule has 0 bridgehead atoms. The molecule has 86 valence electrons. The quantitative estimate of drug-likeness (QED) is 0.757. The van der Waals surface area contributed by atoms with E-state index >= 15 is 0 Å². The lowest BCUT2D eigenvalue weighted by Crippen LogP contribution is -2.26. The monoisotopic (exact) mass is 337 g/mol. The van der Waals surface area contributed by atoms with Gasteiger partial charge >= 0.3 is 0 Å². The summed E-state index contributed by atoms with van der Waals surface area (Å²) in [6.07, 6.45) is 2.56. The maximum absolute atomic E-state index is 3.60. The van der Waals surface area contributed by atoms with E-state index in [0.29, 0.717) is 6.04 Å². The lowest BCUT2D eigenvalue weighted by molar-refractivity contribution is 0.370. The van der Waals surface area contributed by atoms with Gasteiger partial charge in [0, 0.05) is 6.04 Å². The molecule has 0 saturated heterocycles. The number of hydrogen-bond donors (Lipinski definition) is 1. The van der Waals surface area contributed by atoms with E-state index in [1.54, 1.807) is 0 Å². The average molecular weight is 337 g/mol. The molecule has 3 heteroatoms. The molecule has 0 saturated carbocycles. The van der Waals surface area contributed by atoms with Gasteiger partial charge in [-0.1, -0.05) is 27.2 Å². The Bertz CT molecular complexity index is 285. The van der Waals surface area contributed by atoms with Crippen LogP contribution in [0.3, 0.4) is 0 Å². The van der Waals surface area contributed by atoms with Crippen LogP contribution in [0.15, 0.2) is 11.4 Å². The SMILES string of the molecule is CCCC(C)C(NCC)c1csc(I)c1. The third-order valence-electron chi connectivity index (χ3n) is 2.68. The van der Waals surface area contributed by atoms with Crippen molar-refractivity contribution in [3.8, 4) is 0 Å². The molecule has 0 fully saturated rings. The molecule has 0 aliphatic carbocycles. The molecule has 1 aromatic rings. The van der Waals surface area contributed by atoms with Crippen molar-refractivity contribution < 1.29 is 0 Å². The topological polar surface area (TPSA) is 12.0 Å². The van der Waals surface area contributed by atoms with Gasteiger partial charge in [-0.15, -0.1) is 11.3 Å². The van der Waals surface area contributed by atoms with E-state index in [-0.39, 0.29) is 0 Å². The second-order valence-electron chi connectivity index (χ2n) is 3.99. The van der Waals surface area contributed by atoms with Crippen LogP contribution in [0, 0.1) is 8.80 Å². The van der Waals surface area contributed by atoms with Crippen molar-refractivity contribution in [3.05, 3.63) is 19.9 Å². The van der Waals surface area contributed by atoms with E-state index in [2.05, 4.69) is 60.1 Å². The zero-order valence-electron chi connectivity index (χ0n) is 9.72. The summed E-state index contributed by atoms with van der Waals surface area (Å²) in [4.78, 5) is 0. The molecule has 1 aromatic heterocycles. The maximum atomic E-state index is 3.60. The average Bonchev–Trinajstić information content (AvgIpc) is 2.61. The third kappa shape index (κ3) is 4.04. The van der Waals surface area contributed by atoms with E-state index in [0.717, 1.165) is 12.5 Å². The predicted molar refractivity (Wildman–Crippen MR) is 77.5 cm³/mol. The Balaban J connectivity index is 2.72. The van der Waals surface area contributed by atoms with Gasteiger partial charge in [-0.2, -0.15) is 0 Å². The number of nitrogens with one attached hydrogen (secondary N) is 1. The summed E-state index contributed by atoms with van der Waals surface area (Å²) < 4.78 is 1.38. The van der Waals surface area contributed by atoms with Crippen molar-refractivity contribution >= 4 is 33.9 Å².